The van der Waals surface area contributed by atoms with Gasteiger partial charge in [0.2, 0.25) is 5.76 Å². The molecule has 2 aromatic heterocycles. The van der Waals surface area contributed by atoms with Crippen LogP contribution in [0, 0.1) is 13.8 Å². The molecule has 10 nitrogen and oxygen atoms in total. The normalized spacial score (nSPS) is 24.5. The summed E-state index contributed by atoms with van der Waals surface area (Å²) in [4.78, 5) is 37.0. The Labute approximate surface area is 187 Å². The predicted molar refractivity (Wildman–Crippen MR) is 117 cm³/mol. The summed E-state index contributed by atoms with van der Waals surface area (Å²) in [5, 5.41) is 10.2. The summed E-state index contributed by atoms with van der Waals surface area (Å²) in [5.74, 6) is 0.642. The highest BCUT2D eigenvalue weighted by Gasteiger charge is 2.47. The van der Waals surface area contributed by atoms with Crippen molar-refractivity contribution in [3.8, 4) is 0 Å². The molecule has 1 unspecified atom stereocenters. The van der Waals surface area contributed by atoms with Crippen LogP contribution in [0.4, 0.5) is 10.6 Å². The van der Waals surface area contributed by atoms with Crippen LogP contribution in [0.25, 0.3) is 0 Å². The molecule has 0 spiro atoms. The number of hydrogen-bond acceptors (Lipinski definition) is 6. The van der Waals surface area contributed by atoms with Gasteiger partial charge in [-0.15, -0.1) is 0 Å². The van der Waals surface area contributed by atoms with Crippen molar-refractivity contribution in [2.45, 2.75) is 71.6 Å². The maximum atomic E-state index is 13.7. The molecule has 2 saturated heterocycles. The number of piperazine rings is 1. The van der Waals surface area contributed by atoms with E-state index in [2.05, 4.69) is 32.3 Å². The van der Waals surface area contributed by atoms with Crippen LogP contribution < -0.4 is 5.32 Å². The molecule has 2 atom stereocenters. The Bertz CT molecular complexity index is 1070. The fraction of sp³-hybridized carbons (Fsp3) is 0.636. The molecular weight excluding hydrogens is 410 g/mol. The van der Waals surface area contributed by atoms with Crippen LogP contribution in [0.1, 0.15) is 67.0 Å². The summed E-state index contributed by atoms with van der Waals surface area (Å²) in [7, 11) is 0. The molecule has 5 heterocycles. The van der Waals surface area contributed by atoms with E-state index in [4.69, 9.17) is 4.42 Å². The number of urea groups is 1. The Balaban J connectivity index is 1.36. The number of carbonyl (C=O) groups is 2. The maximum Gasteiger partial charge on any atom is 0.321 e. The van der Waals surface area contributed by atoms with E-state index in [1.54, 1.807) is 13.8 Å². The minimum atomic E-state index is -0.562. The second-order valence-corrected chi connectivity index (χ2v) is 9.75. The summed E-state index contributed by atoms with van der Waals surface area (Å²) < 4.78 is 5.43. The van der Waals surface area contributed by atoms with Crippen molar-refractivity contribution in [3.05, 3.63) is 28.6 Å². The summed E-state index contributed by atoms with van der Waals surface area (Å²) in [6.07, 6.45) is 2.36. The van der Waals surface area contributed by atoms with Crippen LogP contribution in [0.5, 0.6) is 0 Å². The van der Waals surface area contributed by atoms with E-state index in [-0.39, 0.29) is 17.8 Å². The number of aromatic nitrogens is 3. The molecule has 0 aliphatic carbocycles. The van der Waals surface area contributed by atoms with Crippen LogP contribution in [0.2, 0.25) is 0 Å². The number of amides is 3. The Morgan fingerprint density at radius 1 is 1.25 bits per heavy atom. The van der Waals surface area contributed by atoms with E-state index < -0.39 is 11.4 Å². The summed E-state index contributed by atoms with van der Waals surface area (Å²) in [6.45, 7) is 12.8. The van der Waals surface area contributed by atoms with Gasteiger partial charge < -0.3 is 19.5 Å². The van der Waals surface area contributed by atoms with E-state index in [9.17, 15) is 9.59 Å². The van der Waals surface area contributed by atoms with Gasteiger partial charge in [0, 0.05) is 37.7 Å². The fourth-order valence-corrected chi connectivity index (χ4v) is 5.44. The first-order valence-corrected chi connectivity index (χ1v) is 11.3. The van der Waals surface area contributed by atoms with Gasteiger partial charge in [-0.1, -0.05) is 0 Å². The van der Waals surface area contributed by atoms with Gasteiger partial charge in [-0.25, -0.2) is 9.78 Å². The molecule has 172 valence electrons. The van der Waals surface area contributed by atoms with Crippen molar-refractivity contribution < 1.29 is 14.0 Å². The highest BCUT2D eigenvalue weighted by Crippen LogP contribution is 2.41. The van der Waals surface area contributed by atoms with Gasteiger partial charge in [0.1, 0.15) is 0 Å². The first kappa shape index (κ1) is 21.0. The average Bonchev–Trinajstić information content (AvgIpc) is 3.47. The number of anilines is 1. The van der Waals surface area contributed by atoms with Gasteiger partial charge in [0.15, 0.2) is 11.7 Å². The van der Waals surface area contributed by atoms with E-state index >= 15 is 0 Å². The molecule has 0 aromatic carbocycles. The number of nitrogens with zero attached hydrogens (tertiary/aromatic N) is 5. The van der Waals surface area contributed by atoms with E-state index in [1.807, 2.05) is 23.6 Å². The fourth-order valence-electron chi connectivity index (χ4n) is 5.44. The molecule has 3 amide bonds. The lowest BCUT2D eigenvalue weighted by molar-refractivity contribution is 0.0454. The molecule has 32 heavy (non-hydrogen) atoms. The quantitative estimate of drug-likeness (QED) is 0.741. The van der Waals surface area contributed by atoms with Crippen molar-refractivity contribution in [3.63, 3.8) is 0 Å². The van der Waals surface area contributed by atoms with Gasteiger partial charge in [-0.3, -0.25) is 14.8 Å². The minimum absolute atomic E-state index is 0.0395. The number of nitrogens with one attached hydrogen (secondary N) is 2. The second-order valence-electron chi connectivity index (χ2n) is 9.75. The number of oxazole rings is 1. The summed E-state index contributed by atoms with van der Waals surface area (Å²) in [5.41, 5.74) is 1.65. The Kier molecular flexibility index (Phi) is 4.81. The second kappa shape index (κ2) is 7.33. The van der Waals surface area contributed by atoms with Crippen molar-refractivity contribution in [1.29, 1.82) is 0 Å². The maximum absolute atomic E-state index is 13.7. The first-order valence-electron chi connectivity index (χ1n) is 11.3. The monoisotopic (exact) mass is 441 g/mol. The number of aromatic amines is 1. The molecule has 10 heteroatoms. The zero-order valence-electron chi connectivity index (χ0n) is 19.4. The first-order chi connectivity index (χ1) is 15.2. The smallest absolute Gasteiger partial charge is 0.321 e. The van der Waals surface area contributed by atoms with Crippen LogP contribution in [-0.4, -0.2) is 73.5 Å². The van der Waals surface area contributed by atoms with Gasteiger partial charge >= 0.3 is 6.03 Å². The van der Waals surface area contributed by atoms with Crippen LogP contribution in [0.15, 0.2) is 4.42 Å². The van der Waals surface area contributed by atoms with E-state index in [0.717, 1.165) is 37.3 Å². The lowest BCUT2D eigenvalue weighted by Crippen LogP contribution is -2.60. The van der Waals surface area contributed by atoms with Crippen molar-refractivity contribution in [2.24, 2.45) is 0 Å². The third kappa shape index (κ3) is 3.19. The van der Waals surface area contributed by atoms with E-state index in [1.165, 1.54) is 6.42 Å². The number of carbonyl (C=O) groups excluding carboxylic acids is 2. The molecule has 2 aromatic rings. The van der Waals surface area contributed by atoms with Gasteiger partial charge in [-0.2, -0.15) is 5.10 Å². The van der Waals surface area contributed by atoms with Crippen molar-refractivity contribution in [2.75, 3.05) is 25.0 Å². The Morgan fingerprint density at radius 3 is 2.75 bits per heavy atom. The minimum Gasteiger partial charge on any atom is -0.436 e. The summed E-state index contributed by atoms with van der Waals surface area (Å²) >= 11 is 0. The molecule has 2 fully saturated rings. The molecule has 0 saturated carbocycles. The lowest BCUT2D eigenvalue weighted by atomic mass is 10.0. The molecule has 0 radical (unpaired) electrons. The van der Waals surface area contributed by atoms with Crippen LogP contribution >= 0.6 is 0 Å². The number of aryl methyl sites for hydroxylation is 2. The molecule has 0 bridgehead atoms. The van der Waals surface area contributed by atoms with Crippen LogP contribution in [0.3, 0.4) is 0 Å². The lowest BCUT2D eigenvalue weighted by Gasteiger charge is -2.45. The standard InChI is InChI=1S/C22H31N7O3/c1-12-9-27-8-6-7-15(27)10-28(12)21(31)29-11-16-18(22(29,4)5)25-26-19(16)24-20(30)17-13(2)23-14(3)32-17/h12,15H,6-11H2,1-5H3,(H2,24,25,26,30)/t12?,15-/m0/s1. The number of H-pyrrole nitrogens is 1. The highest BCUT2D eigenvalue weighted by atomic mass is 16.4. The third-order valence-electron chi connectivity index (χ3n) is 7.23. The van der Waals surface area contributed by atoms with Crippen LogP contribution in [-0.2, 0) is 12.1 Å². The molecule has 2 N–H and O–H groups in total. The van der Waals surface area contributed by atoms with E-state index in [0.29, 0.717) is 30.0 Å². The largest absolute Gasteiger partial charge is 0.436 e. The average molecular weight is 442 g/mol. The number of rotatable bonds is 2. The topological polar surface area (TPSA) is 111 Å². The zero-order valence-corrected chi connectivity index (χ0v) is 19.4. The van der Waals surface area contributed by atoms with Gasteiger partial charge in [-0.05, 0) is 47.1 Å². The molecule has 3 aliphatic rings. The van der Waals surface area contributed by atoms with Gasteiger partial charge in [0.05, 0.1) is 23.5 Å². The third-order valence-corrected chi connectivity index (χ3v) is 7.23. The van der Waals surface area contributed by atoms with Gasteiger partial charge in [0.25, 0.3) is 5.91 Å². The Hall–Kier alpha value is -2.88. The highest BCUT2D eigenvalue weighted by molar-refractivity contribution is 6.03. The Morgan fingerprint density at radius 2 is 2.03 bits per heavy atom. The predicted octanol–water partition coefficient (Wildman–Crippen LogP) is 2.61. The molecular formula is C22H31N7O3. The molecule has 3 aliphatic heterocycles. The molecule has 5 rings (SSSR count). The van der Waals surface area contributed by atoms with Crippen molar-refractivity contribution in [1.82, 2.24) is 29.9 Å². The zero-order chi connectivity index (χ0) is 22.8. The number of fused-ring (bicyclic) bond motifs is 2. The van der Waals surface area contributed by atoms with Crippen molar-refractivity contribution >= 4 is 17.8 Å². The SMILES string of the molecule is Cc1nc(C)c(C(=O)Nc2n[nH]c3c2CN(C(=O)N2C[C@@H]4CCCN4CC2C)C3(C)C)o1. The number of hydrogen-bond donors (Lipinski definition) is 2. The summed E-state index contributed by atoms with van der Waals surface area (Å²) in [6, 6.07) is 0.669.